The number of para-hydroxylation sites is 2. The Labute approximate surface area is 193 Å². The normalized spacial score (nSPS) is 15.1. The summed E-state index contributed by atoms with van der Waals surface area (Å²) in [5.41, 5.74) is 9.80. The maximum Gasteiger partial charge on any atom is 0.0488 e. The molecule has 0 saturated carbocycles. The fraction of sp³-hybridized carbons (Fsp3) is 0.161. The van der Waals surface area contributed by atoms with E-state index in [2.05, 4.69) is 96.8 Å². The van der Waals surface area contributed by atoms with E-state index in [-0.39, 0.29) is 0 Å². The van der Waals surface area contributed by atoms with Gasteiger partial charge in [-0.05, 0) is 49.8 Å². The molecule has 0 amide bonds. The molecule has 5 rings (SSSR count). The number of fused-ring (bicyclic) bond motifs is 3. The molecule has 2 aliphatic carbocycles. The average molecular weight is 420 g/mol. The Morgan fingerprint density at radius 3 is 1.78 bits per heavy atom. The highest BCUT2D eigenvalue weighted by molar-refractivity contribution is 6.07. The van der Waals surface area contributed by atoms with E-state index in [1.54, 1.807) is 0 Å². The van der Waals surface area contributed by atoms with Gasteiger partial charge in [0.05, 0.1) is 0 Å². The minimum atomic E-state index is 1.04. The highest BCUT2D eigenvalue weighted by Gasteiger charge is 2.04. The van der Waals surface area contributed by atoms with Crippen LogP contribution in [-0.4, -0.2) is 4.57 Å². The highest BCUT2D eigenvalue weighted by atomic mass is 14.9. The highest BCUT2D eigenvalue weighted by Crippen LogP contribution is 2.27. The Balaban J connectivity index is 0.000000175. The second-order valence-electron chi connectivity index (χ2n) is 6.96. The van der Waals surface area contributed by atoms with Crippen molar-refractivity contribution in [2.24, 2.45) is 7.05 Å². The minimum absolute atomic E-state index is 1.04. The molecule has 0 N–H and O–H groups in total. The second-order valence-corrected chi connectivity index (χ2v) is 6.96. The summed E-state index contributed by atoms with van der Waals surface area (Å²) in [7, 11) is 2.12. The minimum Gasteiger partial charge on any atom is -0.344 e. The van der Waals surface area contributed by atoms with Crippen LogP contribution in [0.4, 0.5) is 0 Å². The summed E-state index contributed by atoms with van der Waals surface area (Å²) < 4.78 is 2.24. The largest absolute Gasteiger partial charge is 0.344 e. The topological polar surface area (TPSA) is 4.93 Å². The van der Waals surface area contributed by atoms with E-state index >= 15 is 0 Å². The van der Waals surface area contributed by atoms with Crippen molar-refractivity contribution in [2.45, 2.75) is 27.2 Å². The van der Waals surface area contributed by atoms with Crippen molar-refractivity contribution in [3.63, 3.8) is 0 Å². The number of nitrogens with zero attached hydrogens (tertiary/aromatic N) is 1. The first kappa shape index (κ1) is 24.5. The van der Waals surface area contributed by atoms with E-state index in [0.29, 0.717) is 0 Å². The summed E-state index contributed by atoms with van der Waals surface area (Å²) in [6.07, 6.45) is 22.9. The molecular weight excluding hydrogens is 386 g/mol. The predicted molar refractivity (Wildman–Crippen MR) is 143 cm³/mol. The molecule has 1 nitrogen and oxygen atoms in total. The molecule has 32 heavy (non-hydrogen) atoms. The predicted octanol–water partition coefficient (Wildman–Crippen LogP) is 8.79. The van der Waals surface area contributed by atoms with Crippen molar-refractivity contribution in [1.29, 1.82) is 0 Å². The van der Waals surface area contributed by atoms with Gasteiger partial charge in [-0.1, -0.05) is 98.4 Å². The molecule has 3 aromatic rings. The quantitative estimate of drug-likeness (QED) is 0.321. The summed E-state index contributed by atoms with van der Waals surface area (Å²) in [6.45, 7) is 6.06. The van der Waals surface area contributed by atoms with Gasteiger partial charge in [0.25, 0.3) is 0 Å². The van der Waals surface area contributed by atoms with Gasteiger partial charge < -0.3 is 4.57 Å². The Morgan fingerprint density at radius 1 is 0.688 bits per heavy atom. The molecule has 0 unspecified atom stereocenters. The molecule has 1 heteroatoms. The van der Waals surface area contributed by atoms with Crippen molar-refractivity contribution >= 4 is 21.8 Å². The van der Waals surface area contributed by atoms with Crippen LogP contribution in [0.3, 0.4) is 0 Å². The smallest absolute Gasteiger partial charge is 0.0488 e. The molecule has 2 aliphatic rings. The first-order chi connectivity index (χ1) is 15.8. The number of aryl methyl sites for hydroxylation is 1. The Bertz CT molecular complexity index is 1170. The van der Waals surface area contributed by atoms with Gasteiger partial charge in [0.1, 0.15) is 0 Å². The van der Waals surface area contributed by atoms with Crippen molar-refractivity contribution in [3.8, 4) is 0 Å². The fourth-order valence-corrected chi connectivity index (χ4v) is 3.20. The van der Waals surface area contributed by atoms with E-state index in [9.17, 15) is 0 Å². The van der Waals surface area contributed by atoms with Crippen LogP contribution in [0.1, 0.15) is 27.2 Å². The Kier molecular flexibility index (Phi) is 10.9. The maximum absolute atomic E-state index is 2.96. The zero-order valence-electron chi connectivity index (χ0n) is 19.6. The number of benzene rings is 2. The van der Waals surface area contributed by atoms with E-state index in [4.69, 9.17) is 0 Å². The van der Waals surface area contributed by atoms with Crippen LogP contribution in [-0.2, 0) is 7.05 Å². The van der Waals surface area contributed by atoms with Gasteiger partial charge in [-0.25, -0.2) is 0 Å². The Morgan fingerprint density at radius 2 is 1.19 bits per heavy atom. The number of hydrogen-bond donors (Lipinski definition) is 0. The molecule has 0 bridgehead atoms. The van der Waals surface area contributed by atoms with Crippen LogP contribution in [0.5, 0.6) is 0 Å². The van der Waals surface area contributed by atoms with Gasteiger partial charge >= 0.3 is 0 Å². The lowest BCUT2D eigenvalue weighted by molar-refractivity contribution is 1.01. The van der Waals surface area contributed by atoms with Crippen molar-refractivity contribution in [3.05, 3.63) is 132 Å². The van der Waals surface area contributed by atoms with Crippen LogP contribution in [0.2, 0.25) is 0 Å². The molecule has 162 valence electrons. The molecule has 2 aromatic carbocycles. The summed E-state index contributed by atoms with van der Waals surface area (Å²) >= 11 is 0. The number of allylic oxidation sites excluding steroid dienone is 10. The van der Waals surface area contributed by atoms with E-state index in [1.807, 2.05) is 62.5 Å². The molecule has 0 atom stereocenters. The van der Waals surface area contributed by atoms with Crippen molar-refractivity contribution in [2.75, 3.05) is 0 Å². The Hall–Kier alpha value is -3.76. The van der Waals surface area contributed by atoms with Gasteiger partial charge in [-0.15, -0.1) is 11.5 Å². The molecule has 0 aliphatic heterocycles. The third kappa shape index (κ3) is 7.49. The third-order valence-electron chi connectivity index (χ3n) is 4.74. The molecule has 0 spiro atoms. The summed E-state index contributed by atoms with van der Waals surface area (Å²) in [5, 5.41) is 2.68. The monoisotopic (exact) mass is 419 g/mol. The molecule has 0 saturated heterocycles. The third-order valence-corrected chi connectivity index (χ3v) is 4.74. The molecule has 0 radical (unpaired) electrons. The summed E-state index contributed by atoms with van der Waals surface area (Å²) in [4.78, 5) is 0. The maximum atomic E-state index is 2.96. The van der Waals surface area contributed by atoms with Crippen molar-refractivity contribution in [1.82, 2.24) is 4.57 Å². The van der Waals surface area contributed by atoms with Gasteiger partial charge in [0.2, 0.25) is 0 Å². The lowest BCUT2D eigenvalue weighted by Gasteiger charge is -1.95. The summed E-state index contributed by atoms with van der Waals surface area (Å²) in [6, 6.07) is 17.0. The van der Waals surface area contributed by atoms with Crippen LogP contribution in [0.15, 0.2) is 132 Å². The molecule has 1 heterocycles. The van der Waals surface area contributed by atoms with E-state index < -0.39 is 0 Å². The van der Waals surface area contributed by atoms with Gasteiger partial charge in [-0.3, -0.25) is 0 Å². The standard InChI is InChI=1S/C13H11N.2C8H8.C2H6/c1-14-12-8-4-2-6-10(12)11-7-3-5-9-13(11)14;1-8-6-4-2-3-5-7-8;1-2-4-6-8-7-5-3-1;1-2/h2-9H,1H3;2,4-7H,1H3;1-3,6-8H,4H2;1-2H3/b;;2-1-,8-6-;. The van der Waals surface area contributed by atoms with E-state index in [1.165, 1.54) is 27.4 Å². The first-order valence-electron chi connectivity index (χ1n) is 11.2. The fourth-order valence-electron chi connectivity index (χ4n) is 3.20. The van der Waals surface area contributed by atoms with E-state index in [0.717, 1.165) is 6.42 Å². The lowest BCUT2D eigenvalue weighted by Crippen LogP contribution is -1.84. The zero-order chi connectivity index (χ0) is 23.0. The molecule has 1 aromatic heterocycles. The SMILES string of the molecule is C1=C/C=C\C/C=C\C=1.CC.CC1=CC=C=CC=C1.Cn1c2ccccc2c2ccccc21. The van der Waals surface area contributed by atoms with Gasteiger partial charge in [0.15, 0.2) is 0 Å². The van der Waals surface area contributed by atoms with Crippen molar-refractivity contribution < 1.29 is 0 Å². The lowest BCUT2D eigenvalue weighted by atomic mass is 10.2. The number of rotatable bonds is 0. The molecule has 0 fully saturated rings. The van der Waals surface area contributed by atoms with Gasteiger partial charge in [-0.2, -0.15) is 0 Å². The number of hydrogen-bond acceptors (Lipinski definition) is 0. The average Bonchev–Trinajstić information content (AvgIpc) is 2.94. The first-order valence-corrected chi connectivity index (χ1v) is 11.2. The summed E-state index contributed by atoms with van der Waals surface area (Å²) in [5.74, 6) is 0. The van der Waals surface area contributed by atoms with Crippen LogP contribution in [0.25, 0.3) is 21.8 Å². The molecular formula is C31H33N. The second kappa shape index (κ2) is 14.3. The number of aromatic nitrogens is 1. The van der Waals surface area contributed by atoms with Crippen LogP contribution in [0, 0.1) is 0 Å². The van der Waals surface area contributed by atoms with Crippen LogP contribution >= 0.6 is 0 Å². The van der Waals surface area contributed by atoms with Gasteiger partial charge in [0, 0.05) is 28.9 Å². The zero-order valence-corrected chi connectivity index (χ0v) is 19.6. The van der Waals surface area contributed by atoms with Crippen LogP contribution < -0.4 is 0 Å².